The molecule has 0 bridgehead atoms. The van der Waals surface area contributed by atoms with Crippen LogP contribution in [0.1, 0.15) is 24.4 Å². The molecule has 1 saturated heterocycles. The zero-order valence-electron chi connectivity index (χ0n) is 18.9. The van der Waals surface area contributed by atoms with E-state index in [1.807, 2.05) is 36.4 Å². The number of rotatable bonds is 7. The molecule has 0 saturated carbocycles. The summed E-state index contributed by atoms with van der Waals surface area (Å²) in [6, 6.07) is 20.7. The van der Waals surface area contributed by atoms with Crippen molar-refractivity contribution in [1.82, 2.24) is 14.5 Å². The van der Waals surface area contributed by atoms with Gasteiger partial charge in [-0.15, -0.1) is 0 Å². The van der Waals surface area contributed by atoms with Crippen LogP contribution in [0.2, 0.25) is 0 Å². The molecule has 7 heteroatoms. The number of benzene rings is 3. The molecule has 1 aromatic heterocycles. The van der Waals surface area contributed by atoms with Crippen LogP contribution in [0, 0.1) is 17.6 Å². The molecular weight excluding hydrogens is 434 g/mol. The van der Waals surface area contributed by atoms with Gasteiger partial charge in [0.15, 0.2) is 0 Å². The summed E-state index contributed by atoms with van der Waals surface area (Å²) in [6.07, 6.45) is 1.94. The Morgan fingerprint density at radius 3 is 2.24 bits per heavy atom. The lowest BCUT2D eigenvalue weighted by atomic mass is 9.85. The summed E-state index contributed by atoms with van der Waals surface area (Å²) in [5.74, 6) is -0.180. The number of piperidine rings is 1. The average molecular weight is 463 g/mol. The Hall–Kier alpha value is -3.45. The standard InChI is InChI=1S/C27H28F2N4O/c28-21-7-5-19(6-8-21)26(30-23-11-9-22(29)10-12-23)20-13-15-32(16-14-20)17-18-33-25-4-2-1-3-24(25)31-27(33)34/h1-12,20,26,30H,13-18H2,(H,31,34). The Labute approximate surface area is 197 Å². The predicted molar refractivity (Wildman–Crippen MR) is 131 cm³/mol. The van der Waals surface area contributed by atoms with Crippen molar-refractivity contribution in [2.75, 3.05) is 25.0 Å². The van der Waals surface area contributed by atoms with Gasteiger partial charge in [0.2, 0.25) is 0 Å². The molecule has 2 N–H and O–H groups in total. The number of likely N-dealkylation sites (tertiary alicyclic amines) is 1. The molecule has 0 amide bonds. The van der Waals surface area contributed by atoms with Crippen LogP contribution in [-0.2, 0) is 6.54 Å². The monoisotopic (exact) mass is 462 g/mol. The van der Waals surface area contributed by atoms with E-state index in [1.165, 1.54) is 24.3 Å². The van der Waals surface area contributed by atoms with Crippen LogP contribution in [0.25, 0.3) is 11.0 Å². The van der Waals surface area contributed by atoms with Crippen LogP contribution in [0.3, 0.4) is 0 Å². The quantitative estimate of drug-likeness (QED) is 0.398. The molecule has 0 aliphatic carbocycles. The van der Waals surface area contributed by atoms with Gasteiger partial charge in [0, 0.05) is 18.8 Å². The first-order valence-electron chi connectivity index (χ1n) is 11.7. The summed E-state index contributed by atoms with van der Waals surface area (Å²) in [6.45, 7) is 3.29. The number of nitrogens with zero attached hydrogens (tertiary/aromatic N) is 2. The maximum Gasteiger partial charge on any atom is 0.326 e. The fraction of sp³-hybridized carbons (Fsp3) is 0.296. The lowest BCUT2D eigenvalue weighted by molar-refractivity contribution is 0.168. The van der Waals surface area contributed by atoms with Crippen LogP contribution < -0.4 is 11.0 Å². The van der Waals surface area contributed by atoms with Crippen molar-refractivity contribution in [3.63, 3.8) is 0 Å². The maximum atomic E-state index is 13.5. The molecule has 1 unspecified atom stereocenters. The minimum atomic E-state index is -0.272. The van der Waals surface area contributed by atoms with Crippen LogP contribution >= 0.6 is 0 Å². The van der Waals surface area contributed by atoms with Gasteiger partial charge in [-0.1, -0.05) is 24.3 Å². The normalized spacial score (nSPS) is 16.1. The third-order valence-corrected chi connectivity index (χ3v) is 6.82. The van der Waals surface area contributed by atoms with E-state index >= 15 is 0 Å². The molecule has 0 radical (unpaired) electrons. The van der Waals surface area contributed by atoms with Crippen molar-refractivity contribution in [1.29, 1.82) is 0 Å². The van der Waals surface area contributed by atoms with E-state index in [4.69, 9.17) is 0 Å². The Bertz CT molecular complexity index is 1290. The molecule has 1 aliphatic heterocycles. The van der Waals surface area contributed by atoms with Crippen LogP contribution in [0.5, 0.6) is 0 Å². The molecule has 1 aliphatic rings. The average Bonchev–Trinajstić information content (AvgIpc) is 3.18. The van der Waals surface area contributed by atoms with Gasteiger partial charge in [0.05, 0.1) is 17.1 Å². The Balaban J connectivity index is 1.25. The van der Waals surface area contributed by atoms with Gasteiger partial charge in [-0.2, -0.15) is 0 Å². The second kappa shape index (κ2) is 9.81. The highest BCUT2D eigenvalue weighted by atomic mass is 19.1. The van der Waals surface area contributed by atoms with Gasteiger partial charge in [-0.05, 0) is 85.9 Å². The second-order valence-corrected chi connectivity index (χ2v) is 8.96. The zero-order valence-corrected chi connectivity index (χ0v) is 18.9. The molecule has 2 heterocycles. The fourth-order valence-corrected chi connectivity index (χ4v) is 4.95. The van der Waals surface area contributed by atoms with Gasteiger partial charge >= 0.3 is 5.69 Å². The van der Waals surface area contributed by atoms with E-state index in [2.05, 4.69) is 15.2 Å². The Morgan fingerprint density at radius 2 is 1.53 bits per heavy atom. The van der Waals surface area contributed by atoms with Crippen LogP contribution in [-0.4, -0.2) is 34.1 Å². The third kappa shape index (κ3) is 4.89. The maximum absolute atomic E-state index is 13.5. The zero-order chi connectivity index (χ0) is 23.5. The van der Waals surface area contributed by atoms with Crippen LogP contribution in [0.15, 0.2) is 77.6 Å². The fourth-order valence-electron chi connectivity index (χ4n) is 4.95. The van der Waals surface area contributed by atoms with E-state index in [0.717, 1.165) is 54.8 Å². The molecule has 1 fully saturated rings. The predicted octanol–water partition coefficient (Wildman–Crippen LogP) is 5.17. The Morgan fingerprint density at radius 1 is 0.882 bits per heavy atom. The highest BCUT2D eigenvalue weighted by molar-refractivity contribution is 5.74. The molecule has 176 valence electrons. The molecule has 5 rings (SSSR count). The number of aromatic nitrogens is 2. The number of fused-ring (bicyclic) bond motifs is 1. The van der Waals surface area contributed by atoms with Crippen molar-refractivity contribution >= 4 is 16.7 Å². The van der Waals surface area contributed by atoms with E-state index in [-0.39, 0.29) is 23.4 Å². The number of nitrogens with one attached hydrogen (secondary N) is 2. The van der Waals surface area contributed by atoms with Gasteiger partial charge in [-0.3, -0.25) is 4.57 Å². The van der Waals surface area contributed by atoms with Crippen molar-refractivity contribution in [2.24, 2.45) is 5.92 Å². The van der Waals surface area contributed by atoms with E-state index in [0.29, 0.717) is 12.5 Å². The van der Waals surface area contributed by atoms with Crippen molar-refractivity contribution in [2.45, 2.75) is 25.4 Å². The summed E-state index contributed by atoms with van der Waals surface area (Å²) in [5, 5.41) is 3.55. The Kier molecular flexibility index (Phi) is 6.45. The molecule has 5 nitrogen and oxygen atoms in total. The molecule has 3 aromatic carbocycles. The first-order chi connectivity index (χ1) is 16.6. The number of aromatic amines is 1. The van der Waals surface area contributed by atoms with Crippen LogP contribution in [0.4, 0.5) is 14.5 Å². The first kappa shape index (κ1) is 22.3. The van der Waals surface area contributed by atoms with Gasteiger partial charge in [0.1, 0.15) is 11.6 Å². The summed E-state index contributed by atoms with van der Waals surface area (Å²) in [7, 11) is 0. The molecule has 34 heavy (non-hydrogen) atoms. The summed E-state index contributed by atoms with van der Waals surface area (Å²) in [4.78, 5) is 17.7. The largest absolute Gasteiger partial charge is 0.378 e. The molecular formula is C27H28F2N4O. The number of hydrogen-bond acceptors (Lipinski definition) is 3. The second-order valence-electron chi connectivity index (χ2n) is 8.96. The number of H-pyrrole nitrogens is 1. The number of halogens is 2. The number of para-hydroxylation sites is 2. The number of anilines is 1. The first-order valence-corrected chi connectivity index (χ1v) is 11.7. The smallest absolute Gasteiger partial charge is 0.326 e. The van der Waals surface area contributed by atoms with Crippen molar-refractivity contribution in [3.05, 3.63) is 100 Å². The minimum Gasteiger partial charge on any atom is -0.378 e. The van der Waals surface area contributed by atoms with E-state index in [1.54, 1.807) is 16.7 Å². The molecule has 4 aromatic rings. The number of hydrogen-bond donors (Lipinski definition) is 2. The lowest BCUT2D eigenvalue weighted by Crippen LogP contribution is -2.39. The summed E-state index contributed by atoms with van der Waals surface area (Å²) >= 11 is 0. The van der Waals surface area contributed by atoms with E-state index in [9.17, 15) is 13.6 Å². The van der Waals surface area contributed by atoms with Gasteiger partial charge in [-0.25, -0.2) is 13.6 Å². The highest BCUT2D eigenvalue weighted by Crippen LogP contribution is 2.34. The van der Waals surface area contributed by atoms with Crippen molar-refractivity contribution in [3.8, 4) is 0 Å². The summed E-state index contributed by atoms with van der Waals surface area (Å²) < 4.78 is 28.7. The van der Waals surface area contributed by atoms with E-state index < -0.39 is 0 Å². The number of imidazole rings is 1. The van der Waals surface area contributed by atoms with Crippen molar-refractivity contribution < 1.29 is 8.78 Å². The SMILES string of the molecule is O=c1[nH]c2ccccc2n1CCN1CCC(C(Nc2ccc(F)cc2)c2ccc(F)cc2)CC1. The van der Waals surface area contributed by atoms with Gasteiger partial charge in [0.25, 0.3) is 0 Å². The lowest BCUT2D eigenvalue weighted by Gasteiger charge is -2.37. The third-order valence-electron chi connectivity index (χ3n) is 6.82. The highest BCUT2D eigenvalue weighted by Gasteiger charge is 2.28. The topological polar surface area (TPSA) is 53.1 Å². The minimum absolute atomic E-state index is 0.00412. The molecule has 1 atom stereocenters. The van der Waals surface area contributed by atoms with Gasteiger partial charge < -0.3 is 15.2 Å². The molecule has 0 spiro atoms. The summed E-state index contributed by atoms with van der Waals surface area (Å²) in [5.41, 5.74) is 3.59.